The van der Waals surface area contributed by atoms with Gasteiger partial charge < -0.3 is 9.30 Å². The molecule has 0 saturated carbocycles. The summed E-state index contributed by atoms with van der Waals surface area (Å²) < 4.78 is 7.14. The quantitative estimate of drug-likeness (QED) is 0.243. The Labute approximate surface area is 174 Å². The molecular formula is C23H23N3O4. The van der Waals surface area contributed by atoms with Crippen LogP contribution in [0.5, 0.6) is 0 Å². The molecule has 2 aromatic carbocycles. The van der Waals surface area contributed by atoms with Gasteiger partial charge in [0.1, 0.15) is 0 Å². The van der Waals surface area contributed by atoms with Gasteiger partial charge in [-0.3, -0.25) is 15.1 Å². The van der Waals surface area contributed by atoms with E-state index in [9.17, 15) is 14.9 Å². The van der Waals surface area contributed by atoms with Crippen molar-refractivity contribution in [2.45, 2.75) is 27.7 Å². The van der Waals surface area contributed by atoms with Gasteiger partial charge in [-0.05, 0) is 63.6 Å². The summed E-state index contributed by atoms with van der Waals surface area (Å²) >= 11 is 0. The Bertz CT molecular complexity index is 1150. The average Bonchev–Trinajstić information content (AvgIpc) is 3.00. The maximum absolute atomic E-state index is 12.1. The molecule has 154 valence electrons. The van der Waals surface area contributed by atoms with Crippen molar-refractivity contribution in [3.8, 4) is 5.69 Å². The maximum Gasteiger partial charge on any atom is 0.338 e. The van der Waals surface area contributed by atoms with Crippen molar-refractivity contribution < 1.29 is 14.5 Å². The summed E-state index contributed by atoms with van der Waals surface area (Å²) in [5, 5.41) is 10.9. The minimum absolute atomic E-state index is 0.0473. The molecule has 0 atom stereocenters. The average molecular weight is 405 g/mol. The van der Waals surface area contributed by atoms with Crippen LogP contribution in [0.25, 0.3) is 5.69 Å². The van der Waals surface area contributed by atoms with Crippen LogP contribution in [0.1, 0.15) is 39.8 Å². The van der Waals surface area contributed by atoms with Crippen molar-refractivity contribution in [1.82, 2.24) is 4.57 Å². The summed E-state index contributed by atoms with van der Waals surface area (Å²) in [5.74, 6) is -0.350. The molecule has 3 aromatic rings. The van der Waals surface area contributed by atoms with Crippen LogP contribution in [0.15, 0.2) is 53.5 Å². The SMILES string of the molecule is CCOC(=O)c1cccc(-n2c(C)cc(C=Nc3ccc([N+](=O)[O-])cc3C)c2C)c1. The molecule has 0 N–H and O–H groups in total. The summed E-state index contributed by atoms with van der Waals surface area (Å²) in [6.45, 7) is 7.87. The van der Waals surface area contributed by atoms with E-state index < -0.39 is 4.92 Å². The molecule has 3 rings (SSSR count). The smallest absolute Gasteiger partial charge is 0.338 e. The van der Waals surface area contributed by atoms with Crippen LogP contribution < -0.4 is 0 Å². The molecule has 0 aliphatic rings. The fourth-order valence-corrected chi connectivity index (χ4v) is 3.34. The van der Waals surface area contributed by atoms with E-state index >= 15 is 0 Å². The highest BCUT2D eigenvalue weighted by molar-refractivity contribution is 5.90. The number of hydrogen-bond donors (Lipinski definition) is 0. The van der Waals surface area contributed by atoms with Crippen LogP contribution in [-0.2, 0) is 4.74 Å². The van der Waals surface area contributed by atoms with Crippen LogP contribution in [0.3, 0.4) is 0 Å². The van der Waals surface area contributed by atoms with Crippen LogP contribution in [0.4, 0.5) is 11.4 Å². The summed E-state index contributed by atoms with van der Waals surface area (Å²) in [6.07, 6.45) is 1.75. The molecule has 7 heteroatoms. The summed E-state index contributed by atoms with van der Waals surface area (Å²) in [5.41, 5.74) is 5.71. The van der Waals surface area contributed by atoms with E-state index in [0.29, 0.717) is 17.9 Å². The fourth-order valence-electron chi connectivity index (χ4n) is 3.34. The number of hydrogen-bond acceptors (Lipinski definition) is 5. The lowest BCUT2D eigenvalue weighted by molar-refractivity contribution is -0.384. The van der Waals surface area contributed by atoms with Gasteiger partial charge in [0, 0.05) is 41.0 Å². The number of benzene rings is 2. The first kappa shape index (κ1) is 21.0. The second-order valence-corrected chi connectivity index (χ2v) is 6.92. The Morgan fingerprint density at radius 3 is 2.60 bits per heavy atom. The second-order valence-electron chi connectivity index (χ2n) is 6.92. The monoisotopic (exact) mass is 405 g/mol. The van der Waals surface area contributed by atoms with Crippen molar-refractivity contribution in [1.29, 1.82) is 0 Å². The Hall–Kier alpha value is -3.74. The first-order chi connectivity index (χ1) is 14.3. The van der Waals surface area contributed by atoms with Gasteiger partial charge >= 0.3 is 5.97 Å². The van der Waals surface area contributed by atoms with Crippen molar-refractivity contribution in [3.05, 3.63) is 86.7 Å². The number of nitro benzene ring substituents is 1. The van der Waals surface area contributed by atoms with Gasteiger partial charge in [-0.1, -0.05) is 6.07 Å². The minimum atomic E-state index is -0.418. The van der Waals surface area contributed by atoms with Crippen LogP contribution >= 0.6 is 0 Å². The number of rotatable bonds is 6. The maximum atomic E-state index is 12.1. The highest BCUT2D eigenvalue weighted by Crippen LogP contribution is 2.25. The number of carbonyl (C=O) groups is 1. The zero-order valence-corrected chi connectivity index (χ0v) is 17.4. The second kappa shape index (κ2) is 8.73. The van der Waals surface area contributed by atoms with Crippen molar-refractivity contribution >= 4 is 23.6 Å². The number of esters is 1. The number of aromatic nitrogens is 1. The third-order valence-corrected chi connectivity index (χ3v) is 4.82. The number of aryl methyl sites for hydroxylation is 2. The van der Waals surface area contributed by atoms with Gasteiger partial charge in [-0.15, -0.1) is 0 Å². The van der Waals surface area contributed by atoms with Crippen molar-refractivity contribution in [2.75, 3.05) is 6.61 Å². The van der Waals surface area contributed by atoms with Crippen molar-refractivity contribution in [3.63, 3.8) is 0 Å². The van der Waals surface area contributed by atoms with E-state index in [1.54, 1.807) is 38.3 Å². The van der Waals surface area contributed by atoms with E-state index in [-0.39, 0.29) is 11.7 Å². The van der Waals surface area contributed by atoms with Gasteiger partial charge in [0.05, 0.1) is 22.8 Å². The standard InChI is InChI=1S/C23H23N3O4/c1-5-30-23(27)18-7-6-8-20(13-18)25-16(3)12-19(17(25)4)14-24-22-10-9-21(26(28)29)11-15(22)2/h6-14H,5H2,1-4H3. The van der Waals surface area contributed by atoms with Gasteiger partial charge in [-0.2, -0.15) is 0 Å². The molecule has 0 aliphatic heterocycles. The Balaban J connectivity index is 1.93. The Morgan fingerprint density at radius 2 is 1.93 bits per heavy atom. The van der Waals surface area contributed by atoms with E-state index in [1.165, 1.54) is 12.1 Å². The minimum Gasteiger partial charge on any atom is -0.462 e. The Kier molecular flexibility index (Phi) is 6.11. The first-order valence-electron chi connectivity index (χ1n) is 9.57. The zero-order valence-electron chi connectivity index (χ0n) is 17.4. The molecule has 0 unspecified atom stereocenters. The third-order valence-electron chi connectivity index (χ3n) is 4.82. The molecule has 1 heterocycles. The topological polar surface area (TPSA) is 86.7 Å². The highest BCUT2D eigenvalue weighted by atomic mass is 16.6. The fraction of sp³-hybridized carbons (Fsp3) is 0.217. The van der Waals surface area contributed by atoms with Crippen LogP contribution in [0, 0.1) is 30.9 Å². The van der Waals surface area contributed by atoms with Gasteiger partial charge in [-0.25, -0.2) is 4.79 Å². The molecule has 30 heavy (non-hydrogen) atoms. The van der Waals surface area contributed by atoms with Gasteiger partial charge in [0.15, 0.2) is 0 Å². The molecule has 0 saturated heterocycles. The van der Waals surface area contributed by atoms with E-state index in [1.807, 2.05) is 36.6 Å². The molecular weight excluding hydrogens is 382 g/mol. The lowest BCUT2D eigenvalue weighted by Gasteiger charge is -2.11. The molecule has 0 bridgehead atoms. The molecule has 7 nitrogen and oxygen atoms in total. The predicted molar refractivity (Wildman–Crippen MR) is 116 cm³/mol. The highest BCUT2D eigenvalue weighted by Gasteiger charge is 2.13. The Morgan fingerprint density at radius 1 is 1.17 bits per heavy atom. The molecule has 0 spiro atoms. The summed E-state index contributed by atoms with van der Waals surface area (Å²) in [6, 6.07) is 13.9. The van der Waals surface area contributed by atoms with Crippen LogP contribution in [-0.4, -0.2) is 28.3 Å². The third kappa shape index (κ3) is 4.30. The lowest BCUT2D eigenvalue weighted by Crippen LogP contribution is -2.06. The van der Waals surface area contributed by atoms with Gasteiger partial charge in [0.2, 0.25) is 0 Å². The molecule has 0 radical (unpaired) electrons. The van der Waals surface area contributed by atoms with Gasteiger partial charge in [0.25, 0.3) is 5.69 Å². The zero-order chi connectivity index (χ0) is 21.8. The summed E-state index contributed by atoms with van der Waals surface area (Å²) in [4.78, 5) is 27.1. The number of carbonyl (C=O) groups excluding carboxylic acids is 1. The number of nitro groups is 1. The number of aliphatic imine (C=N–C) groups is 1. The number of non-ortho nitro benzene ring substituents is 1. The lowest BCUT2D eigenvalue weighted by atomic mass is 10.2. The largest absolute Gasteiger partial charge is 0.462 e. The van der Waals surface area contributed by atoms with E-state index in [0.717, 1.165) is 28.2 Å². The first-order valence-corrected chi connectivity index (χ1v) is 9.57. The van der Waals surface area contributed by atoms with Crippen LogP contribution in [0.2, 0.25) is 0 Å². The van der Waals surface area contributed by atoms with E-state index in [2.05, 4.69) is 4.99 Å². The molecule has 1 aromatic heterocycles. The molecule has 0 amide bonds. The number of nitrogens with zero attached hydrogens (tertiary/aromatic N) is 3. The molecule has 0 fully saturated rings. The van der Waals surface area contributed by atoms with E-state index in [4.69, 9.17) is 4.74 Å². The summed E-state index contributed by atoms with van der Waals surface area (Å²) in [7, 11) is 0. The predicted octanol–water partition coefficient (Wildman–Crippen LogP) is 5.24. The molecule has 0 aliphatic carbocycles. The number of ether oxygens (including phenoxy) is 1. The normalized spacial score (nSPS) is 11.1. The van der Waals surface area contributed by atoms with Crippen molar-refractivity contribution in [2.24, 2.45) is 4.99 Å².